The van der Waals surface area contributed by atoms with Gasteiger partial charge in [-0.2, -0.15) is 0 Å². The van der Waals surface area contributed by atoms with Gasteiger partial charge in [0, 0.05) is 13.1 Å². The van der Waals surface area contributed by atoms with Gasteiger partial charge >= 0.3 is 0 Å². The molecular formula is C9H15NOS. The van der Waals surface area contributed by atoms with Crippen LogP contribution < -0.4 is 0 Å². The van der Waals surface area contributed by atoms with E-state index in [-0.39, 0.29) is 0 Å². The first-order valence-corrected chi connectivity index (χ1v) is 5.22. The summed E-state index contributed by atoms with van der Waals surface area (Å²) in [5, 5.41) is 0.747. The molecule has 1 saturated carbocycles. The van der Waals surface area contributed by atoms with Gasteiger partial charge in [0.25, 0.3) is 5.17 Å². The van der Waals surface area contributed by atoms with Crippen molar-refractivity contribution in [3.05, 3.63) is 0 Å². The second kappa shape index (κ2) is 3.60. The maximum absolute atomic E-state index is 5.56. The molecule has 2 rings (SSSR count). The average Bonchev–Trinajstić information content (AvgIpc) is 2.90. The fourth-order valence-electron chi connectivity index (χ4n) is 1.48. The van der Waals surface area contributed by atoms with Crippen molar-refractivity contribution in [3.8, 4) is 0 Å². The van der Waals surface area contributed by atoms with Crippen LogP contribution >= 0.6 is 12.2 Å². The summed E-state index contributed by atoms with van der Waals surface area (Å²) in [6.07, 6.45) is 6.76. The zero-order valence-electron chi connectivity index (χ0n) is 7.29. The molecule has 1 aliphatic carbocycles. The van der Waals surface area contributed by atoms with Crippen molar-refractivity contribution in [2.24, 2.45) is 0 Å². The summed E-state index contributed by atoms with van der Waals surface area (Å²) >= 11 is 5.19. The summed E-state index contributed by atoms with van der Waals surface area (Å²) in [6.45, 7) is 2.21. The van der Waals surface area contributed by atoms with E-state index >= 15 is 0 Å². The molecule has 0 amide bonds. The number of thiocarbonyl (C=S) groups is 1. The van der Waals surface area contributed by atoms with E-state index in [0.29, 0.717) is 6.10 Å². The van der Waals surface area contributed by atoms with E-state index in [0.717, 1.165) is 18.3 Å². The summed E-state index contributed by atoms with van der Waals surface area (Å²) in [5.74, 6) is 0. The highest BCUT2D eigenvalue weighted by Crippen LogP contribution is 2.25. The third kappa shape index (κ3) is 2.09. The molecule has 12 heavy (non-hydrogen) atoms. The molecule has 0 aromatic heterocycles. The molecule has 2 fully saturated rings. The molecule has 0 radical (unpaired) electrons. The fraction of sp³-hybridized carbons (Fsp3) is 0.889. The van der Waals surface area contributed by atoms with Crippen LogP contribution in [0.25, 0.3) is 0 Å². The molecule has 2 aliphatic rings. The van der Waals surface area contributed by atoms with E-state index in [1.54, 1.807) is 0 Å². The predicted octanol–water partition coefficient (Wildman–Crippen LogP) is 1.94. The number of rotatable bonds is 1. The second-order valence-electron chi connectivity index (χ2n) is 3.63. The number of hydrogen-bond donors (Lipinski definition) is 0. The van der Waals surface area contributed by atoms with Crippen LogP contribution in [-0.4, -0.2) is 29.3 Å². The lowest BCUT2D eigenvalue weighted by molar-refractivity contribution is 0.213. The molecular weight excluding hydrogens is 170 g/mol. The van der Waals surface area contributed by atoms with Crippen LogP contribution in [0.3, 0.4) is 0 Å². The van der Waals surface area contributed by atoms with Crippen molar-refractivity contribution in [2.75, 3.05) is 13.1 Å². The quantitative estimate of drug-likeness (QED) is 0.579. The molecule has 68 valence electrons. The first kappa shape index (κ1) is 8.30. The van der Waals surface area contributed by atoms with Gasteiger partial charge in [0.05, 0.1) is 0 Å². The van der Waals surface area contributed by atoms with Crippen LogP contribution in [0.5, 0.6) is 0 Å². The smallest absolute Gasteiger partial charge is 0.259 e. The van der Waals surface area contributed by atoms with Gasteiger partial charge in [-0.3, -0.25) is 0 Å². The van der Waals surface area contributed by atoms with E-state index in [9.17, 15) is 0 Å². The lowest BCUT2D eigenvalue weighted by atomic mass is 10.1. The predicted molar refractivity (Wildman–Crippen MR) is 52.1 cm³/mol. The minimum Gasteiger partial charge on any atom is -0.468 e. The molecule has 0 aromatic rings. The number of piperidine rings is 1. The molecule has 0 unspecified atom stereocenters. The molecule has 0 spiro atoms. The van der Waals surface area contributed by atoms with Gasteiger partial charge in [-0.1, -0.05) is 0 Å². The highest BCUT2D eigenvalue weighted by molar-refractivity contribution is 7.80. The zero-order valence-corrected chi connectivity index (χ0v) is 8.11. The van der Waals surface area contributed by atoms with Crippen molar-refractivity contribution < 1.29 is 4.74 Å². The van der Waals surface area contributed by atoms with Crippen molar-refractivity contribution >= 4 is 17.4 Å². The van der Waals surface area contributed by atoms with E-state index < -0.39 is 0 Å². The van der Waals surface area contributed by atoms with Crippen molar-refractivity contribution in [1.29, 1.82) is 0 Å². The molecule has 1 heterocycles. The van der Waals surface area contributed by atoms with Gasteiger partial charge in [0.2, 0.25) is 0 Å². The third-order valence-electron chi connectivity index (χ3n) is 2.41. The molecule has 1 aliphatic heterocycles. The Balaban J connectivity index is 1.76. The van der Waals surface area contributed by atoms with Crippen LogP contribution in [0, 0.1) is 0 Å². The first-order valence-electron chi connectivity index (χ1n) is 4.82. The zero-order chi connectivity index (χ0) is 8.39. The summed E-state index contributed by atoms with van der Waals surface area (Å²) in [7, 11) is 0. The molecule has 0 aromatic carbocycles. The number of hydrogen-bond acceptors (Lipinski definition) is 2. The van der Waals surface area contributed by atoms with Crippen LogP contribution in [-0.2, 0) is 4.74 Å². The molecule has 3 heteroatoms. The van der Waals surface area contributed by atoms with Gasteiger partial charge in [-0.15, -0.1) is 0 Å². The monoisotopic (exact) mass is 185 g/mol. The Hall–Kier alpha value is -0.310. The highest BCUT2D eigenvalue weighted by Gasteiger charge is 2.26. The minimum atomic E-state index is 0.458. The van der Waals surface area contributed by atoms with Gasteiger partial charge in [-0.25, -0.2) is 0 Å². The van der Waals surface area contributed by atoms with Crippen LogP contribution in [0.15, 0.2) is 0 Å². The average molecular weight is 185 g/mol. The van der Waals surface area contributed by atoms with Crippen LogP contribution in [0.1, 0.15) is 32.1 Å². The maximum Gasteiger partial charge on any atom is 0.259 e. The van der Waals surface area contributed by atoms with E-state index in [1.807, 2.05) is 0 Å². The summed E-state index contributed by atoms with van der Waals surface area (Å²) in [4.78, 5) is 2.21. The maximum atomic E-state index is 5.56. The Labute approximate surface area is 78.9 Å². The Kier molecular flexibility index (Phi) is 2.49. The third-order valence-corrected chi connectivity index (χ3v) is 2.76. The van der Waals surface area contributed by atoms with Crippen LogP contribution in [0.2, 0.25) is 0 Å². The Bertz CT molecular complexity index is 173. The number of ether oxygens (including phenoxy) is 1. The fourth-order valence-corrected chi connectivity index (χ4v) is 1.80. The molecule has 2 nitrogen and oxygen atoms in total. The molecule has 0 N–H and O–H groups in total. The Morgan fingerprint density at radius 2 is 1.83 bits per heavy atom. The normalized spacial score (nSPS) is 23.8. The highest BCUT2D eigenvalue weighted by atomic mass is 32.1. The summed E-state index contributed by atoms with van der Waals surface area (Å²) < 4.78 is 5.56. The lowest BCUT2D eigenvalue weighted by Gasteiger charge is -2.28. The topological polar surface area (TPSA) is 12.5 Å². The minimum absolute atomic E-state index is 0.458. The van der Waals surface area contributed by atoms with Crippen LogP contribution in [0.4, 0.5) is 0 Å². The summed E-state index contributed by atoms with van der Waals surface area (Å²) in [6, 6.07) is 0. The van der Waals surface area contributed by atoms with Gasteiger partial charge < -0.3 is 9.64 Å². The summed E-state index contributed by atoms with van der Waals surface area (Å²) in [5.41, 5.74) is 0. The van der Waals surface area contributed by atoms with Crippen molar-refractivity contribution in [1.82, 2.24) is 4.90 Å². The SMILES string of the molecule is S=C(OC1CC1)N1CCCCC1. The largest absolute Gasteiger partial charge is 0.468 e. The second-order valence-corrected chi connectivity index (χ2v) is 3.98. The van der Waals surface area contributed by atoms with Crippen molar-refractivity contribution in [3.63, 3.8) is 0 Å². The lowest BCUT2D eigenvalue weighted by Crippen LogP contribution is -2.36. The standard InChI is InChI=1S/C9H15NOS/c12-9(11-8-4-5-8)10-6-2-1-3-7-10/h8H,1-7H2. The number of likely N-dealkylation sites (tertiary alicyclic amines) is 1. The van der Waals surface area contributed by atoms with E-state index in [2.05, 4.69) is 4.90 Å². The Morgan fingerprint density at radius 3 is 2.42 bits per heavy atom. The molecule has 1 saturated heterocycles. The van der Waals surface area contributed by atoms with Crippen molar-refractivity contribution in [2.45, 2.75) is 38.2 Å². The van der Waals surface area contributed by atoms with E-state index in [1.165, 1.54) is 32.1 Å². The van der Waals surface area contributed by atoms with Gasteiger partial charge in [0.15, 0.2) is 0 Å². The van der Waals surface area contributed by atoms with Gasteiger partial charge in [0.1, 0.15) is 6.10 Å². The first-order chi connectivity index (χ1) is 5.86. The number of nitrogens with zero attached hydrogens (tertiary/aromatic N) is 1. The molecule has 0 atom stereocenters. The molecule has 0 bridgehead atoms. The van der Waals surface area contributed by atoms with Gasteiger partial charge in [-0.05, 0) is 44.3 Å². The Morgan fingerprint density at radius 1 is 1.17 bits per heavy atom. The van der Waals surface area contributed by atoms with E-state index in [4.69, 9.17) is 17.0 Å².